The van der Waals surface area contributed by atoms with Crippen molar-refractivity contribution in [2.75, 3.05) is 11.6 Å². The van der Waals surface area contributed by atoms with Gasteiger partial charge in [-0.25, -0.2) is 0 Å². The Bertz CT molecular complexity index is 895. The summed E-state index contributed by atoms with van der Waals surface area (Å²) in [5.74, 6) is -0.0880. The van der Waals surface area contributed by atoms with Crippen LogP contribution in [0.5, 0.6) is 0 Å². The molecule has 0 saturated heterocycles. The Hall–Kier alpha value is -2.32. The molecule has 0 spiro atoms. The summed E-state index contributed by atoms with van der Waals surface area (Å²) in [4.78, 5) is 13.6. The quantitative estimate of drug-likeness (QED) is 0.651. The van der Waals surface area contributed by atoms with Gasteiger partial charge in [-0.1, -0.05) is 41.6 Å². The smallest absolute Gasteiger partial charge is 0.237 e. The number of nitrogens with one attached hydrogen (secondary N) is 1. The van der Waals surface area contributed by atoms with Gasteiger partial charge in [0.15, 0.2) is 0 Å². The summed E-state index contributed by atoms with van der Waals surface area (Å²) in [6.07, 6.45) is 1.99. The minimum Gasteiger partial charge on any atom is -0.324 e. The first-order valence-corrected chi connectivity index (χ1v) is 10.1. The molecule has 0 aliphatic carbocycles. The largest absolute Gasteiger partial charge is 0.324 e. The predicted molar refractivity (Wildman–Crippen MR) is 106 cm³/mol. The molecular formula is C18H19N5OS2. The van der Waals surface area contributed by atoms with Crippen molar-refractivity contribution in [1.29, 1.82) is 0 Å². The van der Waals surface area contributed by atoms with E-state index >= 15 is 0 Å². The normalized spacial score (nSPS) is 12.0. The van der Waals surface area contributed by atoms with E-state index in [1.807, 2.05) is 68.6 Å². The summed E-state index contributed by atoms with van der Waals surface area (Å²) < 4.78 is 1.64. The molecule has 0 bridgehead atoms. The van der Waals surface area contributed by atoms with Gasteiger partial charge in [0.25, 0.3) is 0 Å². The molecule has 26 heavy (non-hydrogen) atoms. The van der Waals surface area contributed by atoms with Crippen LogP contribution in [0.3, 0.4) is 0 Å². The van der Waals surface area contributed by atoms with Gasteiger partial charge in [-0.05, 0) is 54.8 Å². The van der Waals surface area contributed by atoms with Crippen LogP contribution in [0, 0.1) is 6.92 Å². The van der Waals surface area contributed by atoms with E-state index in [1.165, 1.54) is 11.8 Å². The molecule has 1 heterocycles. The van der Waals surface area contributed by atoms with Crippen LogP contribution in [0.1, 0.15) is 12.5 Å². The number of nitrogens with zero attached hydrogens (tertiary/aromatic N) is 4. The van der Waals surface area contributed by atoms with Crippen LogP contribution >= 0.6 is 23.5 Å². The van der Waals surface area contributed by atoms with Gasteiger partial charge < -0.3 is 5.32 Å². The Kier molecular flexibility index (Phi) is 5.95. The third-order valence-electron chi connectivity index (χ3n) is 3.74. The summed E-state index contributed by atoms with van der Waals surface area (Å²) in [6.45, 7) is 3.87. The first-order chi connectivity index (χ1) is 12.6. The molecule has 0 aliphatic heterocycles. The Balaban J connectivity index is 1.72. The molecule has 134 valence electrons. The number of amides is 1. The summed E-state index contributed by atoms with van der Waals surface area (Å²) in [5, 5.41) is 15.1. The molecule has 3 aromatic rings. The highest BCUT2D eigenvalue weighted by Crippen LogP contribution is 2.27. The van der Waals surface area contributed by atoms with E-state index in [4.69, 9.17) is 0 Å². The highest BCUT2D eigenvalue weighted by molar-refractivity contribution is 8.00. The fourth-order valence-electron chi connectivity index (χ4n) is 2.29. The fraction of sp³-hybridized carbons (Fsp3) is 0.222. The van der Waals surface area contributed by atoms with Crippen LogP contribution in [0.2, 0.25) is 0 Å². The summed E-state index contributed by atoms with van der Waals surface area (Å²) >= 11 is 2.92. The Morgan fingerprint density at radius 3 is 2.62 bits per heavy atom. The van der Waals surface area contributed by atoms with E-state index in [9.17, 15) is 4.79 Å². The number of hydrogen-bond donors (Lipinski definition) is 1. The number of para-hydroxylation sites is 1. The topological polar surface area (TPSA) is 72.7 Å². The van der Waals surface area contributed by atoms with Gasteiger partial charge in [0.05, 0.1) is 16.6 Å². The lowest BCUT2D eigenvalue weighted by atomic mass is 10.2. The number of aryl methyl sites for hydroxylation is 1. The molecule has 3 rings (SSSR count). The molecule has 0 aliphatic rings. The number of thioether (sulfide) groups is 2. The summed E-state index contributed by atoms with van der Waals surface area (Å²) in [5.41, 5.74) is 2.84. The van der Waals surface area contributed by atoms with Crippen molar-refractivity contribution in [2.45, 2.75) is 29.1 Å². The van der Waals surface area contributed by atoms with Crippen molar-refractivity contribution in [3.8, 4) is 5.69 Å². The number of benzene rings is 2. The number of tetrazole rings is 1. The van der Waals surface area contributed by atoms with Crippen molar-refractivity contribution in [3.63, 3.8) is 0 Å². The van der Waals surface area contributed by atoms with Crippen LogP contribution in [-0.2, 0) is 4.79 Å². The van der Waals surface area contributed by atoms with Crippen LogP contribution in [-0.4, -0.2) is 37.6 Å². The highest BCUT2D eigenvalue weighted by atomic mass is 32.2. The van der Waals surface area contributed by atoms with Crippen molar-refractivity contribution >= 4 is 35.1 Å². The molecule has 1 atom stereocenters. The third-order valence-corrected chi connectivity index (χ3v) is 5.56. The first kappa shape index (κ1) is 18.5. The second kappa shape index (κ2) is 8.37. The van der Waals surface area contributed by atoms with Crippen molar-refractivity contribution in [3.05, 3.63) is 54.1 Å². The van der Waals surface area contributed by atoms with E-state index < -0.39 is 0 Å². The SMILES string of the molecule is CSc1ccccc1NC(=O)C(C)Sc1nnnn1-c1ccc(C)cc1. The van der Waals surface area contributed by atoms with E-state index in [-0.39, 0.29) is 11.2 Å². The molecule has 1 N–H and O–H groups in total. The fourth-order valence-corrected chi connectivity index (χ4v) is 3.66. The lowest BCUT2D eigenvalue weighted by Gasteiger charge is -2.13. The summed E-state index contributed by atoms with van der Waals surface area (Å²) in [7, 11) is 0. The molecule has 1 amide bonds. The van der Waals surface area contributed by atoms with Gasteiger partial charge in [-0.15, -0.1) is 16.9 Å². The Morgan fingerprint density at radius 2 is 1.88 bits per heavy atom. The predicted octanol–water partition coefficient (Wildman–Crippen LogP) is 3.81. The van der Waals surface area contributed by atoms with Gasteiger partial charge in [-0.2, -0.15) is 4.68 Å². The van der Waals surface area contributed by atoms with Crippen LogP contribution in [0.15, 0.2) is 58.6 Å². The van der Waals surface area contributed by atoms with Crippen LogP contribution in [0.4, 0.5) is 5.69 Å². The van der Waals surface area contributed by atoms with Gasteiger partial charge in [-0.3, -0.25) is 4.79 Å². The van der Waals surface area contributed by atoms with E-state index in [1.54, 1.807) is 16.4 Å². The number of rotatable bonds is 6. The average Bonchev–Trinajstić information content (AvgIpc) is 3.10. The molecule has 0 fully saturated rings. The number of anilines is 1. The van der Waals surface area contributed by atoms with Crippen molar-refractivity contribution in [2.24, 2.45) is 0 Å². The monoisotopic (exact) mass is 385 g/mol. The zero-order valence-electron chi connectivity index (χ0n) is 14.7. The summed E-state index contributed by atoms with van der Waals surface area (Å²) in [6, 6.07) is 15.7. The minimum atomic E-state index is -0.347. The first-order valence-electron chi connectivity index (χ1n) is 8.04. The van der Waals surface area contributed by atoms with Crippen LogP contribution < -0.4 is 5.32 Å². The van der Waals surface area contributed by atoms with E-state index in [0.717, 1.165) is 21.8 Å². The van der Waals surface area contributed by atoms with Gasteiger partial charge in [0.1, 0.15) is 0 Å². The van der Waals surface area contributed by atoms with Gasteiger partial charge in [0.2, 0.25) is 11.1 Å². The zero-order valence-corrected chi connectivity index (χ0v) is 16.3. The molecule has 6 nitrogen and oxygen atoms in total. The standard InChI is InChI=1S/C18H19N5OS2/c1-12-8-10-14(11-9-12)23-18(20-21-22-23)26-13(2)17(24)19-15-6-4-5-7-16(15)25-3/h4-11,13H,1-3H3,(H,19,24). The van der Waals surface area contributed by atoms with E-state index in [0.29, 0.717) is 5.16 Å². The number of carbonyl (C=O) groups is 1. The van der Waals surface area contributed by atoms with Gasteiger partial charge in [0, 0.05) is 4.90 Å². The lowest BCUT2D eigenvalue weighted by Crippen LogP contribution is -2.23. The highest BCUT2D eigenvalue weighted by Gasteiger charge is 2.20. The minimum absolute atomic E-state index is 0.0880. The van der Waals surface area contributed by atoms with Gasteiger partial charge >= 0.3 is 0 Å². The zero-order chi connectivity index (χ0) is 18.5. The molecule has 0 saturated carbocycles. The second-order valence-corrected chi connectivity index (χ2v) is 7.81. The maximum absolute atomic E-state index is 12.6. The molecule has 1 unspecified atom stereocenters. The molecular weight excluding hydrogens is 366 g/mol. The Labute approximate surface area is 160 Å². The number of carbonyl (C=O) groups excluding carboxylic acids is 1. The maximum Gasteiger partial charge on any atom is 0.237 e. The second-order valence-electron chi connectivity index (χ2n) is 5.66. The number of aromatic nitrogens is 4. The average molecular weight is 386 g/mol. The molecule has 2 aromatic carbocycles. The Morgan fingerprint density at radius 1 is 1.15 bits per heavy atom. The molecule has 1 aromatic heterocycles. The molecule has 8 heteroatoms. The third kappa shape index (κ3) is 4.25. The van der Waals surface area contributed by atoms with E-state index in [2.05, 4.69) is 20.8 Å². The van der Waals surface area contributed by atoms with Crippen molar-refractivity contribution < 1.29 is 4.79 Å². The van der Waals surface area contributed by atoms with Crippen molar-refractivity contribution in [1.82, 2.24) is 20.2 Å². The lowest BCUT2D eigenvalue weighted by molar-refractivity contribution is -0.115. The number of hydrogen-bond acceptors (Lipinski definition) is 6. The van der Waals surface area contributed by atoms with Crippen LogP contribution in [0.25, 0.3) is 5.69 Å². The molecule has 0 radical (unpaired) electrons. The maximum atomic E-state index is 12.6.